The number of hydrogen-bond donors (Lipinski definition) is 2. The Hall–Kier alpha value is -2.41. The predicted molar refractivity (Wildman–Crippen MR) is 64.4 cm³/mol. The summed E-state index contributed by atoms with van der Waals surface area (Å²) in [5, 5.41) is 11.3. The average molecular weight is 261 g/mol. The second-order valence-electron chi connectivity index (χ2n) is 3.48. The number of rotatable bonds is 3. The van der Waals surface area contributed by atoms with Gasteiger partial charge in [0.15, 0.2) is 16.6 Å². The van der Waals surface area contributed by atoms with E-state index in [1.807, 2.05) is 0 Å². The van der Waals surface area contributed by atoms with Crippen LogP contribution in [0.2, 0.25) is 0 Å². The van der Waals surface area contributed by atoms with E-state index >= 15 is 0 Å². The van der Waals surface area contributed by atoms with Crippen LogP contribution in [0.3, 0.4) is 0 Å². The predicted octanol–water partition coefficient (Wildman–Crippen LogP) is 2.49. The molecule has 0 atom stereocenters. The lowest BCUT2D eigenvalue weighted by Crippen LogP contribution is -1.91. The third kappa shape index (κ3) is 1.80. The maximum Gasteiger partial charge on any atom is 0.338 e. The van der Waals surface area contributed by atoms with Crippen molar-refractivity contribution >= 4 is 17.3 Å². The first-order valence-corrected chi connectivity index (χ1v) is 5.89. The molecule has 7 heteroatoms. The molecule has 0 fully saturated rings. The summed E-state index contributed by atoms with van der Waals surface area (Å²) in [6.45, 7) is 0. The van der Waals surface area contributed by atoms with Gasteiger partial charge in [0, 0.05) is 23.8 Å². The summed E-state index contributed by atoms with van der Waals surface area (Å²) < 4.78 is 5.18. The fraction of sp³-hybridized carbons (Fsp3) is 0. The van der Waals surface area contributed by atoms with Crippen LogP contribution in [-0.4, -0.2) is 26.0 Å². The van der Waals surface area contributed by atoms with E-state index in [2.05, 4.69) is 15.0 Å². The Morgan fingerprint density at radius 1 is 1.50 bits per heavy atom. The summed E-state index contributed by atoms with van der Waals surface area (Å²) in [6, 6.07) is 1.45. The molecule has 0 aliphatic carbocycles. The standard InChI is InChI=1S/C11H7N3O3S/c15-11(16)6-3-8(17-4-6)7-5-18-10(14-7)9-12-1-2-13-9/h1-5H,(H,12,13)(H,15,16). The van der Waals surface area contributed by atoms with E-state index in [1.54, 1.807) is 17.8 Å². The lowest BCUT2D eigenvalue weighted by Gasteiger charge is -1.88. The number of imidazole rings is 1. The van der Waals surface area contributed by atoms with Crippen molar-refractivity contribution in [1.82, 2.24) is 15.0 Å². The highest BCUT2D eigenvalue weighted by molar-refractivity contribution is 7.13. The van der Waals surface area contributed by atoms with E-state index < -0.39 is 5.97 Å². The summed E-state index contributed by atoms with van der Waals surface area (Å²) in [5.41, 5.74) is 0.705. The normalized spacial score (nSPS) is 10.7. The van der Waals surface area contributed by atoms with Crippen molar-refractivity contribution in [2.45, 2.75) is 0 Å². The van der Waals surface area contributed by atoms with Crippen molar-refractivity contribution < 1.29 is 14.3 Å². The van der Waals surface area contributed by atoms with Crippen molar-refractivity contribution in [2.75, 3.05) is 0 Å². The summed E-state index contributed by atoms with van der Waals surface area (Å²) in [6.07, 6.45) is 4.56. The number of H-pyrrole nitrogens is 1. The van der Waals surface area contributed by atoms with Crippen LogP contribution >= 0.6 is 11.3 Å². The van der Waals surface area contributed by atoms with Crippen LogP contribution in [0.1, 0.15) is 10.4 Å². The Bertz CT molecular complexity index is 684. The third-order valence-corrected chi connectivity index (χ3v) is 3.15. The first kappa shape index (κ1) is 10.7. The highest BCUT2D eigenvalue weighted by Gasteiger charge is 2.13. The topological polar surface area (TPSA) is 92.0 Å². The molecule has 0 aliphatic heterocycles. The number of aromatic amines is 1. The Labute approximate surface area is 105 Å². The molecule has 0 aliphatic rings. The quantitative estimate of drug-likeness (QED) is 0.755. The van der Waals surface area contributed by atoms with Crippen LogP contribution in [-0.2, 0) is 0 Å². The van der Waals surface area contributed by atoms with Crippen LogP contribution in [0, 0.1) is 0 Å². The Kier molecular flexibility index (Phi) is 2.45. The van der Waals surface area contributed by atoms with Gasteiger partial charge in [-0.1, -0.05) is 0 Å². The molecule has 0 saturated carbocycles. The summed E-state index contributed by atoms with van der Waals surface area (Å²) in [5.74, 6) is 0.0872. The smallest absolute Gasteiger partial charge is 0.338 e. The van der Waals surface area contributed by atoms with E-state index in [0.717, 1.165) is 5.01 Å². The van der Waals surface area contributed by atoms with E-state index in [0.29, 0.717) is 17.3 Å². The van der Waals surface area contributed by atoms with E-state index in [-0.39, 0.29) is 5.56 Å². The lowest BCUT2D eigenvalue weighted by atomic mass is 10.3. The number of carbonyl (C=O) groups is 1. The molecule has 18 heavy (non-hydrogen) atoms. The van der Waals surface area contributed by atoms with Gasteiger partial charge in [0.2, 0.25) is 0 Å². The summed E-state index contributed by atoms with van der Waals surface area (Å²) in [4.78, 5) is 22.1. The number of nitrogens with zero attached hydrogens (tertiary/aromatic N) is 2. The van der Waals surface area contributed by atoms with Crippen LogP contribution in [0.4, 0.5) is 0 Å². The van der Waals surface area contributed by atoms with Gasteiger partial charge in [-0.3, -0.25) is 0 Å². The summed E-state index contributed by atoms with van der Waals surface area (Å²) in [7, 11) is 0. The van der Waals surface area contributed by atoms with Gasteiger partial charge in [0.05, 0.1) is 5.56 Å². The monoisotopic (exact) mass is 261 g/mol. The fourth-order valence-electron chi connectivity index (χ4n) is 1.46. The highest BCUT2D eigenvalue weighted by atomic mass is 32.1. The van der Waals surface area contributed by atoms with Gasteiger partial charge < -0.3 is 14.5 Å². The molecule has 0 aromatic carbocycles. The zero-order chi connectivity index (χ0) is 12.5. The molecule has 0 unspecified atom stereocenters. The minimum absolute atomic E-state index is 0.109. The van der Waals surface area contributed by atoms with Crippen molar-refractivity contribution in [2.24, 2.45) is 0 Å². The Balaban J connectivity index is 1.95. The molecule has 3 heterocycles. The molecule has 3 aromatic rings. The number of thiazole rings is 1. The zero-order valence-corrected chi connectivity index (χ0v) is 9.77. The van der Waals surface area contributed by atoms with Crippen LogP contribution in [0.5, 0.6) is 0 Å². The minimum Gasteiger partial charge on any atom is -0.478 e. The average Bonchev–Trinajstić information content (AvgIpc) is 3.10. The third-order valence-electron chi connectivity index (χ3n) is 2.30. The van der Waals surface area contributed by atoms with E-state index in [1.165, 1.54) is 23.7 Å². The molecular formula is C11H7N3O3S. The molecule has 6 nitrogen and oxygen atoms in total. The van der Waals surface area contributed by atoms with E-state index in [9.17, 15) is 4.79 Å². The van der Waals surface area contributed by atoms with Crippen LogP contribution in [0.15, 0.2) is 34.5 Å². The van der Waals surface area contributed by atoms with Gasteiger partial charge in [-0.2, -0.15) is 0 Å². The minimum atomic E-state index is -1.02. The molecule has 3 rings (SSSR count). The molecular weight excluding hydrogens is 254 g/mol. The van der Waals surface area contributed by atoms with Gasteiger partial charge in [0.1, 0.15) is 12.0 Å². The maximum absolute atomic E-state index is 10.7. The van der Waals surface area contributed by atoms with Crippen molar-refractivity contribution in [3.63, 3.8) is 0 Å². The van der Waals surface area contributed by atoms with Gasteiger partial charge >= 0.3 is 5.97 Å². The second-order valence-corrected chi connectivity index (χ2v) is 4.34. The molecule has 0 spiro atoms. The Morgan fingerprint density at radius 3 is 3.06 bits per heavy atom. The van der Waals surface area contributed by atoms with Crippen molar-refractivity contribution in [1.29, 1.82) is 0 Å². The number of carboxylic acids is 1. The lowest BCUT2D eigenvalue weighted by molar-refractivity contribution is 0.0696. The number of hydrogen-bond acceptors (Lipinski definition) is 5. The zero-order valence-electron chi connectivity index (χ0n) is 8.95. The SMILES string of the molecule is O=C(O)c1coc(-c2csc(-c3ncc[nH]3)n2)c1. The number of carboxylic acid groups (broad SMARTS) is 1. The van der Waals surface area contributed by atoms with Gasteiger partial charge in [-0.15, -0.1) is 11.3 Å². The number of furan rings is 1. The first-order valence-electron chi connectivity index (χ1n) is 5.01. The molecule has 90 valence electrons. The first-order chi connectivity index (χ1) is 8.74. The molecule has 0 saturated heterocycles. The second kappa shape index (κ2) is 4.11. The van der Waals surface area contributed by atoms with Gasteiger partial charge in [-0.25, -0.2) is 14.8 Å². The van der Waals surface area contributed by atoms with Crippen molar-refractivity contribution in [3.8, 4) is 22.3 Å². The molecule has 0 bridgehead atoms. The fourth-order valence-corrected chi connectivity index (χ4v) is 2.23. The molecule has 3 aromatic heterocycles. The molecule has 2 N–H and O–H groups in total. The highest BCUT2D eigenvalue weighted by Crippen LogP contribution is 2.28. The van der Waals surface area contributed by atoms with Crippen LogP contribution in [0.25, 0.3) is 22.3 Å². The van der Waals surface area contributed by atoms with Crippen LogP contribution < -0.4 is 0 Å². The van der Waals surface area contributed by atoms with Gasteiger partial charge in [-0.05, 0) is 0 Å². The number of aromatic nitrogens is 3. The summed E-state index contributed by atoms with van der Waals surface area (Å²) >= 11 is 1.41. The Morgan fingerprint density at radius 2 is 2.39 bits per heavy atom. The number of nitrogens with one attached hydrogen (secondary N) is 1. The molecule has 0 radical (unpaired) electrons. The van der Waals surface area contributed by atoms with Gasteiger partial charge in [0.25, 0.3) is 0 Å². The molecule has 0 amide bonds. The number of aromatic carboxylic acids is 1. The van der Waals surface area contributed by atoms with E-state index in [4.69, 9.17) is 9.52 Å². The van der Waals surface area contributed by atoms with Crippen molar-refractivity contribution in [3.05, 3.63) is 35.7 Å². The largest absolute Gasteiger partial charge is 0.478 e. The maximum atomic E-state index is 10.7.